The van der Waals surface area contributed by atoms with Crippen molar-refractivity contribution in [2.75, 3.05) is 0 Å². The first-order valence-corrected chi connectivity index (χ1v) is 4.52. The van der Waals surface area contributed by atoms with Gasteiger partial charge in [-0.15, -0.1) is 0 Å². The van der Waals surface area contributed by atoms with E-state index >= 15 is 0 Å². The Bertz CT molecular complexity index is 515. The summed E-state index contributed by atoms with van der Waals surface area (Å²) in [6.07, 6.45) is 0. The van der Waals surface area contributed by atoms with E-state index in [1.54, 1.807) is 0 Å². The summed E-state index contributed by atoms with van der Waals surface area (Å²) in [5, 5.41) is 8.91. The molecule has 0 heterocycles. The highest BCUT2D eigenvalue weighted by molar-refractivity contribution is 5.64. The molecule has 0 aliphatic carbocycles. The Morgan fingerprint density at radius 3 is 2.00 bits per heavy atom. The maximum atomic E-state index is 13.0. The van der Waals surface area contributed by atoms with Crippen LogP contribution >= 0.6 is 0 Å². The van der Waals surface area contributed by atoms with Crippen LogP contribution in [-0.4, -0.2) is 5.11 Å². The van der Waals surface area contributed by atoms with Gasteiger partial charge in [0, 0.05) is 0 Å². The van der Waals surface area contributed by atoms with Gasteiger partial charge in [-0.1, -0.05) is 12.1 Å². The second-order valence-corrected chi connectivity index (χ2v) is 3.30. The lowest BCUT2D eigenvalue weighted by atomic mass is 10.1. The molecule has 0 atom stereocenters. The number of phenols is 1. The molecule has 0 bridgehead atoms. The van der Waals surface area contributed by atoms with Crippen molar-refractivity contribution in [1.29, 1.82) is 0 Å². The zero-order chi connectivity index (χ0) is 11.7. The number of phenolic OH excluding ortho intramolecular Hbond substituents is 1. The summed E-state index contributed by atoms with van der Waals surface area (Å²) in [6.45, 7) is 0. The highest BCUT2D eigenvalue weighted by atomic mass is 19.1. The normalized spacial score (nSPS) is 10.4. The van der Waals surface area contributed by atoms with Crippen LogP contribution in [0.1, 0.15) is 0 Å². The minimum atomic E-state index is -1.07. The second-order valence-electron chi connectivity index (χ2n) is 3.30. The number of aromatic hydroxyl groups is 1. The molecule has 2 rings (SSSR count). The molecular formula is C12H7F3O. The Labute approximate surface area is 89.8 Å². The third-order valence-electron chi connectivity index (χ3n) is 2.17. The zero-order valence-corrected chi connectivity index (χ0v) is 8.05. The molecule has 0 aliphatic rings. The average molecular weight is 224 g/mol. The van der Waals surface area contributed by atoms with E-state index in [1.807, 2.05) is 0 Å². The fourth-order valence-electron chi connectivity index (χ4n) is 1.40. The second kappa shape index (κ2) is 3.89. The van der Waals surface area contributed by atoms with Crippen LogP contribution in [0.25, 0.3) is 11.1 Å². The van der Waals surface area contributed by atoms with Crippen molar-refractivity contribution >= 4 is 0 Å². The van der Waals surface area contributed by atoms with Crippen LogP contribution in [0.2, 0.25) is 0 Å². The standard InChI is InChI=1S/C12H7F3O/c13-9-3-1-2-7(4-9)8-5-10(14)12(16)11(15)6-8/h1-6,16H. The molecule has 0 unspecified atom stereocenters. The molecule has 0 fully saturated rings. The van der Waals surface area contributed by atoms with Crippen molar-refractivity contribution in [3.05, 3.63) is 53.8 Å². The first kappa shape index (κ1) is 10.5. The van der Waals surface area contributed by atoms with Gasteiger partial charge >= 0.3 is 0 Å². The van der Waals surface area contributed by atoms with Gasteiger partial charge in [-0.05, 0) is 35.4 Å². The maximum Gasteiger partial charge on any atom is 0.187 e. The monoisotopic (exact) mass is 224 g/mol. The molecule has 0 saturated heterocycles. The quantitative estimate of drug-likeness (QED) is 0.786. The maximum absolute atomic E-state index is 13.0. The molecular weight excluding hydrogens is 217 g/mol. The number of halogens is 3. The lowest BCUT2D eigenvalue weighted by molar-refractivity contribution is 0.396. The predicted molar refractivity (Wildman–Crippen MR) is 53.4 cm³/mol. The van der Waals surface area contributed by atoms with E-state index in [0.29, 0.717) is 5.56 Å². The van der Waals surface area contributed by atoms with Crippen LogP contribution in [0, 0.1) is 17.5 Å². The molecule has 1 N–H and O–H groups in total. The Balaban J connectivity index is 2.57. The van der Waals surface area contributed by atoms with Crippen molar-refractivity contribution in [2.24, 2.45) is 0 Å². The lowest BCUT2D eigenvalue weighted by Crippen LogP contribution is -1.87. The first-order valence-electron chi connectivity index (χ1n) is 4.52. The van der Waals surface area contributed by atoms with Crippen molar-refractivity contribution < 1.29 is 18.3 Å². The zero-order valence-electron chi connectivity index (χ0n) is 8.05. The average Bonchev–Trinajstić information content (AvgIpc) is 2.25. The summed E-state index contributed by atoms with van der Waals surface area (Å²) in [7, 11) is 0. The van der Waals surface area contributed by atoms with Gasteiger partial charge in [-0.3, -0.25) is 0 Å². The van der Waals surface area contributed by atoms with Crippen LogP contribution < -0.4 is 0 Å². The molecule has 2 aromatic rings. The third-order valence-corrected chi connectivity index (χ3v) is 2.17. The van der Waals surface area contributed by atoms with Crippen molar-refractivity contribution in [2.45, 2.75) is 0 Å². The predicted octanol–water partition coefficient (Wildman–Crippen LogP) is 3.48. The highest BCUT2D eigenvalue weighted by Gasteiger charge is 2.10. The van der Waals surface area contributed by atoms with Gasteiger partial charge in [0.2, 0.25) is 0 Å². The van der Waals surface area contributed by atoms with Gasteiger partial charge in [0.15, 0.2) is 17.4 Å². The Morgan fingerprint density at radius 1 is 0.812 bits per heavy atom. The Hall–Kier alpha value is -1.97. The molecule has 82 valence electrons. The van der Waals surface area contributed by atoms with E-state index in [1.165, 1.54) is 18.2 Å². The summed E-state index contributed by atoms with van der Waals surface area (Å²) in [5.74, 6) is -3.66. The molecule has 2 aromatic carbocycles. The fraction of sp³-hybridized carbons (Fsp3) is 0. The molecule has 0 spiro atoms. The van der Waals surface area contributed by atoms with Crippen LogP contribution in [0.5, 0.6) is 5.75 Å². The lowest BCUT2D eigenvalue weighted by Gasteiger charge is -2.04. The van der Waals surface area contributed by atoms with Gasteiger partial charge in [-0.25, -0.2) is 13.2 Å². The SMILES string of the molecule is Oc1c(F)cc(-c2cccc(F)c2)cc1F. The van der Waals surface area contributed by atoms with Gasteiger partial charge in [-0.2, -0.15) is 0 Å². The van der Waals surface area contributed by atoms with E-state index in [-0.39, 0.29) is 5.56 Å². The molecule has 1 nitrogen and oxygen atoms in total. The van der Waals surface area contributed by atoms with E-state index in [4.69, 9.17) is 5.11 Å². The van der Waals surface area contributed by atoms with E-state index in [9.17, 15) is 13.2 Å². The van der Waals surface area contributed by atoms with Gasteiger partial charge in [0.05, 0.1) is 0 Å². The summed E-state index contributed by atoms with van der Waals surface area (Å²) < 4.78 is 39.0. The molecule has 0 amide bonds. The Kier molecular flexibility index (Phi) is 2.56. The van der Waals surface area contributed by atoms with Crippen LogP contribution in [0.3, 0.4) is 0 Å². The molecule has 4 heteroatoms. The Morgan fingerprint density at radius 2 is 1.44 bits per heavy atom. The molecule has 16 heavy (non-hydrogen) atoms. The summed E-state index contributed by atoms with van der Waals surface area (Å²) >= 11 is 0. The minimum absolute atomic E-state index is 0.173. The molecule has 0 radical (unpaired) electrons. The molecule has 0 aliphatic heterocycles. The minimum Gasteiger partial charge on any atom is -0.503 e. The highest BCUT2D eigenvalue weighted by Crippen LogP contribution is 2.28. The number of hydrogen-bond donors (Lipinski definition) is 1. The number of rotatable bonds is 1. The summed E-state index contributed by atoms with van der Waals surface area (Å²) in [6, 6.07) is 7.25. The van der Waals surface area contributed by atoms with E-state index < -0.39 is 23.2 Å². The molecule has 0 saturated carbocycles. The topological polar surface area (TPSA) is 20.2 Å². The van der Waals surface area contributed by atoms with Crippen molar-refractivity contribution in [3.8, 4) is 16.9 Å². The first-order chi connectivity index (χ1) is 7.58. The van der Waals surface area contributed by atoms with Crippen molar-refractivity contribution in [1.82, 2.24) is 0 Å². The van der Waals surface area contributed by atoms with E-state index in [0.717, 1.165) is 18.2 Å². The third kappa shape index (κ3) is 1.86. The largest absolute Gasteiger partial charge is 0.503 e. The van der Waals surface area contributed by atoms with Crippen molar-refractivity contribution in [3.63, 3.8) is 0 Å². The van der Waals surface area contributed by atoms with Gasteiger partial charge in [0.1, 0.15) is 5.82 Å². The summed E-state index contributed by atoms with van der Waals surface area (Å²) in [4.78, 5) is 0. The van der Waals surface area contributed by atoms with Crippen LogP contribution in [0.15, 0.2) is 36.4 Å². The smallest absolute Gasteiger partial charge is 0.187 e. The number of hydrogen-bond acceptors (Lipinski definition) is 1. The van der Waals surface area contributed by atoms with Gasteiger partial charge in [0.25, 0.3) is 0 Å². The summed E-state index contributed by atoms with van der Waals surface area (Å²) in [5.41, 5.74) is 0.519. The van der Waals surface area contributed by atoms with Crippen LogP contribution in [0.4, 0.5) is 13.2 Å². The van der Waals surface area contributed by atoms with E-state index in [2.05, 4.69) is 0 Å². The number of benzene rings is 2. The fourth-order valence-corrected chi connectivity index (χ4v) is 1.40. The molecule has 0 aromatic heterocycles. The van der Waals surface area contributed by atoms with Gasteiger partial charge < -0.3 is 5.11 Å². The van der Waals surface area contributed by atoms with Crippen LogP contribution in [-0.2, 0) is 0 Å².